The first-order chi connectivity index (χ1) is 9.30. The van der Waals surface area contributed by atoms with E-state index < -0.39 is 23.8 Å². The van der Waals surface area contributed by atoms with Gasteiger partial charge in [-0.05, 0) is 18.6 Å². The molecule has 1 aromatic rings. The molecule has 0 spiro atoms. The Hall–Kier alpha value is -1.96. The van der Waals surface area contributed by atoms with E-state index in [9.17, 15) is 18.0 Å². The first-order valence-electron chi connectivity index (χ1n) is 5.77. The Morgan fingerprint density at radius 3 is 2.70 bits per heavy atom. The fourth-order valence-electron chi connectivity index (χ4n) is 2.03. The molecule has 0 aromatic heterocycles. The van der Waals surface area contributed by atoms with Crippen LogP contribution in [-0.2, 0) is 11.0 Å². The van der Waals surface area contributed by atoms with Crippen molar-refractivity contribution in [1.29, 1.82) is 0 Å². The van der Waals surface area contributed by atoms with Crippen molar-refractivity contribution in [3.05, 3.63) is 23.3 Å². The number of carboxylic acids is 1. The zero-order valence-electron chi connectivity index (χ0n) is 10.2. The van der Waals surface area contributed by atoms with E-state index in [1.165, 1.54) is 6.07 Å². The van der Waals surface area contributed by atoms with Gasteiger partial charge in [-0.1, -0.05) is 0 Å². The molecule has 8 heteroatoms. The number of fused-ring (bicyclic) bond motifs is 1. The molecule has 20 heavy (non-hydrogen) atoms. The van der Waals surface area contributed by atoms with Crippen LogP contribution in [0, 0.1) is 0 Å². The second kappa shape index (κ2) is 5.20. The average Bonchev–Trinajstić information content (AvgIpc) is 2.81. The van der Waals surface area contributed by atoms with Gasteiger partial charge in [-0.2, -0.15) is 13.2 Å². The van der Waals surface area contributed by atoms with Crippen molar-refractivity contribution >= 4 is 5.97 Å². The van der Waals surface area contributed by atoms with E-state index in [1.54, 1.807) is 0 Å². The van der Waals surface area contributed by atoms with Gasteiger partial charge in [-0.25, -0.2) is 0 Å². The van der Waals surface area contributed by atoms with Crippen LogP contribution in [0.3, 0.4) is 0 Å². The summed E-state index contributed by atoms with van der Waals surface area (Å²) in [5, 5.41) is 8.60. The average molecular weight is 291 g/mol. The smallest absolute Gasteiger partial charge is 0.416 e. The lowest BCUT2D eigenvalue weighted by molar-refractivity contribution is -0.138. The van der Waals surface area contributed by atoms with Gasteiger partial charge >= 0.3 is 12.1 Å². The maximum atomic E-state index is 13.0. The fourth-order valence-corrected chi connectivity index (χ4v) is 2.03. The Kier molecular flexibility index (Phi) is 3.76. The highest BCUT2D eigenvalue weighted by Crippen LogP contribution is 2.46. The third-order valence-electron chi connectivity index (χ3n) is 2.92. The van der Waals surface area contributed by atoms with E-state index in [1.807, 2.05) is 0 Å². The zero-order valence-corrected chi connectivity index (χ0v) is 10.2. The minimum absolute atomic E-state index is 0.0577. The SMILES string of the molecule is NC(CCC(=O)O)c1c(C(F)(F)F)ccc2c1OCO2. The first-order valence-corrected chi connectivity index (χ1v) is 5.77. The highest BCUT2D eigenvalue weighted by molar-refractivity contribution is 5.67. The van der Waals surface area contributed by atoms with Gasteiger partial charge in [-0.15, -0.1) is 0 Å². The molecule has 0 saturated carbocycles. The Morgan fingerprint density at radius 2 is 2.10 bits per heavy atom. The molecular weight excluding hydrogens is 279 g/mol. The van der Waals surface area contributed by atoms with Crippen molar-refractivity contribution in [3.8, 4) is 11.5 Å². The highest BCUT2D eigenvalue weighted by atomic mass is 19.4. The summed E-state index contributed by atoms with van der Waals surface area (Å²) in [7, 11) is 0. The minimum atomic E-state index is -4.60. The summed E-state index contributed by atoms with van der Waals surface area (Å²) in [6.45, 7) is -0.185. The van der Waals surface area contributed by atoms with Crippen LogP contribution in [0.25, 0.3) is 0 Å². The monoisotopic (exact) mass is 291 g/mol. The standard InChI is InChI=1S/C12H12F3NO4/c13-12(14,15)6-1-3-8-11(20-5-19-8)10(6)7(16)2-4-9(17)18/h1,3,7H,2,4-5,16H2,(H,17,18). The minimum Gasteiger partial charge on any atom is -0.481 e. The number of alkyl halides is 3. The molecule has 1 aliphatic heterocycles. The van der Waals surface area contributed by atoms with E-state index in [0.717, 1.165) is 6.07 Å². The molecule has 3 N–H and O–H groups in total. The predicted octanol–water partition coefficient (Wildman–Crippen LogP) is 2.30. The van der Waals surface area contributed by atoms with E-state index in [0.29, 0.717) is 0 Å². The number of halogens is 3. The van der Waals surface area contributed by atoms with Crippen molar-refractivity contribution in [2.75, 3.05) is 6.79 Å². The maximum Gasteiger partial charge on any atom is 0.416 e. The van der Waals surface area contributed by atoms with Crippen LogP contribution < -0.4 is 15.2 Å². The third kappa shape index (κ3) is 2.79. The number of rotatable bonds is 4. The summed E-state index contributed by atoms with van der Waals surface area (Å²) in [4.78, 5) is 10.5. The van der Waals surface area contributed by atoms with Crippen molar-refractivity contribution < 1.29 is 32.5 Å². The van der Waals surface area contributed by atoms with Crippen LogP contribution in [-0.4, -0.2) is 17.9 Å². The molecule has 2 rings (SSSR count). The van der Waals surface area contributed by atoms with Gasteiger partial charge in [0.05, 0.1) is 5.56 Å². The van der Waals surface area contributed by atoms with Gasteiger partial charge in [-0.3, -0.25) is 4.79 Å². The van der Waals surface area contributed by atoms with E-state index in [4.69, 9.17) is 20.3 Å². The van der Waals surface area contributed by atoms with E-state index in [-0.39, 0.29) is 36.7 Å². The summed E-state index contributed by atoms with van der Waals surface area (Å²) >= 11 is 0. The maximum absolute atomic E-state index is 13.0. The molecule has 1 aromatic carbocycles. The summed E-state index contributed by atoms with van der Waals surface area (Å²) in [5.41, 5.74) is 4.53. The van der Waals surface area contributed by atoms with Crippen molar-refractivity contribution in [1.82, 2.24) is 0 Å². The van der Waals surface area contributed by atoms with Gasteiger partial charge in [0, 0.05) is 18.0 Å². The summed E-state index contributed by atoms with van der Waals surface area (Å²) in [6.07, 6.45) is -5.06. The van der Waals surface area contributed by atoms with Gasteiger partial charge in [0.2, 0.25) is 6.79 Å². The van der Waals surface area contributed by atoms with E-state index in [2.05, 4.69) is 0 Å². The van der Waals surface area contributed by atoms with Crippen LogP contribution in [0.2, 0.25) is 0 Å². The number of carbonyl (C=O) groups is 1. The van der Waals surface area contributed by atoms with Crippen LogP contribution in [0.15, 0.2) is 12.1 Å². The molecular formula is C12H12F3NO4. The Morgan fingerprint density at radius 1 is 1.40 bits per heavy atom. The Bertz CT molecular complexity index is 530. The number of hydrogen-bond acceptors (Lipinski definition) is 4. The summed E-state index contributed by atoms with van der Waals surface area (Å²) in [6, 6.07) is 0.932. The quantitative estimate of drug-likeness (QED) is 0.889. The van der Waals surface area contributed by atoms with Crippen LogP contribution in [0.5, 0.6) is 11.5 Å². The molecule has 1 aliphatic rings. The molecule has 0 aliphatic carbocycles. The Labute approximate surface area is 112 Å². The molecule has 1 atom stereocenters. The second-order valence-electron chi connectivity index (χ2n) is 4.30. The molecule has 0 bridgehead atoms. The number of aliphatic carboxylic acids is 1. The van der Waals surface area contributed by atoms with Gasteiger partial charge in [0.25, 0.3) is 0 Å². The van der Waals surface area contributed by atoms with Gasteiger partial charge < -0.3 is 20.3 Å². The molecule has 1 heterocycles. The number of hydrogen-bond donors (Lipinski definition) is 2. The summed E-state index contributed by atoms with van der Waals surface area (Å²) in [5.74, 6) is -1.00. The molecule has 0 saturated heterocycles. The summed E-state index contributed by atoms with van der Waals surface area (Å²) < 4.78 is 49.1. The topological polar surface area (TPSA) is 81.8 Å². The number of benzene rings is 1. The number of ether oxygens (including phenoxy) is 2. The lowest BCUT2D eigenvalue weighted by Crippen LogP contribution is -2.19. The van der Waals surface area contributed by atoms with Gasteiger partial charge in [0.1, 0.15) is 0 Å². The molecule has 0 fully saturated rings. The second-order valence-corrected chi connectivity index (χ2v) is 4.30. The fraction of sp³-hybridized carbons (Fsp3) is 0.417. The molecule has 0 amide bonds. The third-order valence-corrected chi connectivity index (χ3v) is 2.92. The lowest BCUT2D eigenvalue weighted by Gasteiger charge is -2.19. The normalized spacial score (nSPS) is 15.2. The molecule has 110 valence electrons. The molecule has 0 radical (unpaired) electrons. The predicted molar refractivity (Wildman–Crippen MR) is 61.4 cm³/mol. The van der Waals surface area contributed by atoms with Crippen molar-refractivity contribution in [2.24, 2.45) is 5.73 Å². The van der Waals surface area contributed by atoms with Crippen molar-refractivity contribution in [2.45, 2.75) is 25.1 Å². The largest absolute Gasteiger partial charge is 0.481 e. The number of nitrogens with two attached hydrogens (primary N) is 1. The first kappa shape index (κ1) is 14.4. The zero-order chi connectivity index (χ0) is 14.9. The van der Waals surface area contributed by atoms with E-state index >= 15 is 0 Å². The molecule has 1 unspecified atom stereocenters. The molecule has 5 nitrogen and oxygen atoms in total. The van der Waals surface area contributed by atoms with Crippen LogP contribution >= 0.6 is 0 Å². The van der Waals surface area contributed by atoms with Crippen molar-refractivity contribution in [3.63, 3.8) is 0 Å². The van der Waals surface area contributed by atoms with Crippen LogP contribution in [0.1, 0.15) is 30.0 Å². The highest BCUT2D eigenvalue weighted by Gasteiger charge is 2.38. The number of carboxylic acid groups (broad SMARTS) is 1. The Balaban J connectivity index is 2.42. The van der Waals surface area contributed by atoms with Crippen LogP contribution in [0.4, 0.5) is 13.2 Å². The van der Waals surface area contributed by atoms with Gasteiger partial charge in [0.15, 0.2) is 11.5 Å². The lowest BCUT2D eigenvalue weighted by atomic mass is 9.95.